The lowest BCUT2D eigenvalue weighted by Crippen LogP contribution is -1.91. The van der Waals surface area contributed by atoms with Gasteiger partial charge in [0, 0.05) is 5.56 Å². The van der Waals surface area contributed by atoms with Gasteiger partial charge in [-0.1, -0.05) is 12.1 Å². The van der Waals surface area contributed by atoms with Crippen molar-refractivity contribution in [2.75, 3.05) is 12.3 Å². The molecule has 15 heavy (non-hydrogen) atoms. The van der Waals surface area contributed by atoms with E-state index in [0.29, 0.717) is 12.3 Å². The van der Waals surface area contributed by atoms with E-state index < -0.39 is 0 Å². The van der Waals surface area contributed by atoms with E-state index in [1.807, 2.05) is 31.2 Å². The molecule has 2 aromatic rings. The number of oxazole rings is 1. The van der Waals surface area contributed by atoms with Crippen molar-refractivity contribution in [3.63, 3.8) is 0 Å². The molecule has 0 saturated carbocycles. The first-order valence-electron chi connectivity index (χ1n) is 4.74. The van der Waals surface area contributed by atoms with Crippen LogP contribution in [0.15, 0.2) is 34.9 Å². The molecule has 4 heteroatoms. The standard InChI is InChI=1S/C11H12N2O2/c1-2-14-9-5-3-4-8(6-9)10-7-15-11(12)13-10/h3-7H,2H2,1H3,(H2,12,13). The lowest BCUT2D eigenvalue weighted by molar-refractivity contribution is 0.340. The van der Waals surface area contributed by atoms with Crippen LogP contribution in [0.1, 0.15) is 6.92 Å². The zero-order valence-electron chi connectivity index (χ0n) is 8.43. The molecule has 2 rings (SSSR count). The van der Waals surface area contributed by atoms with Crippen LogP contribution in [0.5, 0.6) is 5.75 Å². The van der Waals surface area contributed by atoms with Crippen LogP contribution in [-0.4, -0.2) is 11.6 Å². The minimum Gasteiger partial charge on any atom is -0.494 e. The second kappa shape index (κ2) is 4.04. The van der Waals surface area contributed by atoms with Crippen LogP contribution in [0, 0.1) is 0 Å². The lowest BCUT2D eigenvalue weighted by Gasteiger charge is -2.03. The average Bonchev–Trinajstić information content (AvgIpc) is 2.66. The van der Waals surface area contributed by atoms with Gasteiger partial charge in [-0.2, -0.15) is 4.98 Å². The smallest absolute Gasteiger partial charge is 0.292 e. The van der Waals surface area contributed by atoms with Crippen LogP contribution in [0.4, 0.5) is 6.01 Å². The van der Waals surface area contributed by atoms with Crippen molar-refractivity contribution in [1.82, 2.24) is 4.98 Å². The second-order valence-corrected chi connectivity index (χ2v) is 3.03. The Bertz CT molecular complexity index is 451. The molecule has 0 saturated heterocycles. The summed E-state index contributed by atoms with van der Waals surface area (Å²) >= 11 is 0. The van der Waals surface area contributed by atoms with E-state index >= 15 is 0 Å². The molecule has 0 fully saturated rings. The minimum absolute atomic E-state index is 0.173. The van der Waals surface area contributed by atoms with E-state index in [1.165, 1.54) is 6.26 Å². The van der Waals surface area contributed by atoms with E-state index in [2.05, 4.69) is 4.98 Å². The Morgan fingerprint density at radius 1 is 1.47 bits per heavy atom. The lowest BCUT2D eigenvalue weighted by atomic mass is 10.2. The Hall–Kier alpha value is -1.97. The maximum absolute atomic E-state index is 5.40. The van der Waals surface area contributed by atoms with Crippen molar-refractivity contribution in [3.05, 3.63) is 30.5 Å². The van der Waals surface area contributed by atoms with E-state index in [0.717, 1.165) is 11.3 Å². The number of aromatic nitrogens is 1. The highest BCUT2D eigenvalue weighted by molar-refractivity contribution is 5.61. The van der Waals surface area contributed by atoms with Gasteiger partial charge >= 0.3 is 0 Å². The first kappa shape index (κ1) is 9.58. The Kier molecular flexibility index (Phi) is 2.58. The molecule has 1 aromatic heterocycles. The van der Waals surface area contributed by atoms with Gasteiger partial charge in [-0.25, -0.2) is 0 Å². The van der Waals surface area contributed by atoms with Crippen molar-refractivity contribution in [1.29, 1.82) is 0 Å². The van der Waals surface area contributed by atoms with Crippen molar-refractivity contribution < 1.29 is 9.15 Å². The summed E-state index contributed by atoms with van der Waals surface area (Å²) in [6.07, 6.45) is 1.53. The molecule has 0 unspecified atom stereocenters. The Labute approximate surface area is 87.7 Å². The molecule has 0 amide bonds. The monoisotopic (exact) mass is 204 g/mol. The van der Waals surface area contributed by atoms with Crippen molar-refractivity contribution in [3.8, 4) is 17.0 Å². The summed E-state index contributed by atoms with van der Waals surface area (Å²) in [5.74, 6) is 0.816. The largest absolute Gasteiger partial charge is 0.494 e. The highest BCUT2D eigenvalue weighted by atomic mass is 16.5. The van der Waals surface area contributed by atoms with Gasteiger partial charge in [-0.05, 0) is 19.1 Å². The summed E-state index contributed by atoms with van der Waals surface area (Å²) in [6.45, 7) is 2.59. The number of ether oxygens (including phenoxy) is 1. The molecule has 78 valence electrons. The summed E-state index contributed by atoms with van der Waals surface area (Å²) in [4.78, 5) is 4.04. The normalized spacial score (nSPS) is 10.2. The molecule has 0 aliphatic carbocycles. The fourth-order valence-electron chi connectivity index (χ4n) is 1.33. The zero-order chi connectivity index (χ0) is 10.7. The van der Waals surface area contributed by atoms with Gasteiger partial charge in [0.2, 0.25) is 0 Å². The summed E-state index contributed by atoms with van der Waals surface area (Å²) < 4.78 is 10.3. The predicted octanol–water partition coefficient (Wildman–Crippen LogP) is 2.32. The molecule has 0 atom stereocenters. The highest BCUT2D eigenvalue weighted by Gasteiger charge is 2.04. The summed E-state index contributed by atoms with van der Waals surface area (Å²) in [6, 6.07) is 7.81. The molecule has 0 radical (unpaired) electrons. The van der Waals surface area contributed by atoms with Crippen molar-refractivity contribution >= 4 is 6.01 Å². The molecule has 2 N–H and O–H groups in total. The first-order chi connectivity index (χ1) is 7.29. The minimum atomic E-state index is 0.173. The fourth-order valence-corrected chi connectivity index (χ4v) is 1.33. The van der Waals surface area contributed by atoms with Gasteiger partial charge in [0.25, 0.3) is 6.01 Å². The number of nitrogen functional groups attached to an aromatic ring is 1. The molecular formula is C11H12N2O2. The van der Waals surface area contributed by atoms with E-state index in [4.69, 9.17) is 14.9 Å². The quantitative estimate of drug-likeness (QED) is 0.833. The van der Waals surface area contributed by atoms with Crippen LogP contribution in [-0.2, 0) is 0 Å². The maximum Gasteiger partial charge on any atom is 0.292 e. The number of benzene rings is 1. The average molecular weight is 204 g/mol. The van der Waals surface area contributed by atoms with Gasteiger partial charge in [0.1, 0.15) is 17.7 Å². The number of rotatable bonds is 3. The molecule has 1 heterocycles. The molecule has 0 bridgehead atoms. The molecule has 0 aliphatic rings. The molecular weight excluding hydrogens is 192 g/mol. The Balaban J connectivity index is 2.32. The fraction of sp³-hybridized carbons (Fsp3) is 0.182. The molecule has 4 nitrogen and oxygen atoms in total. The first-order valence-corrected chi connectivity index (χ1v) is 4.74. The van der Waals surface area contributed by atoms with Crippen LogP contribution >= 0.6 is 0 Å². The van der Waals surface area contributed by atoms with E-state index in [9.17, 15) is 0 Å². The van der Waals surface area contributed by atoms with Gasteiger partial charge in [0.05, 0.1) is 6.61 Å². The second-order valence-electron chi connectivity index (χ2n) is 3.03. The maximum atomic E-state index is 5.40. The number of nitrogens with two attached hydrogens (primary N) is 1. The van der Waals surface area contributed by atoms with Crippen LogP contribution in [0.2, 0.25) is 0 Å². The third kappa shape index (κ3) is 2.10. The third-order valence-electron chi connectivity index (χ3n) is 1.96. The van der Waals surface area contributed by atoms with Crippen LogP contribution < -0.4 is 10.5 Å². The van der Waals surface area contributed by atoms with Crippen LogP contribution in [0.3, 0.4) is 0 Å². The van der Waals surface area contributed by atoms with Crippen molar-refractivity contribution in [2.24, 2.45) is 0 Å². The van der Waals surface area contributed by atoms with Gasteiger partial charge in [-0.3, -0.25) is 0 Å². The van der Waals surface area contributed by atoms with Gasteiger partial charge in [-0.15, -0.1) is 0 Å². The summed E-state index contributed by atoms with van der Waals surface area (Å²) in [7, 11) is 0. The Morgan fingerprint density at radius 3 is 3.00 bits per heavy atom. The highest BCUT2D eigenvalue weighted by Crippen LogP contribution is 2.23. The van der Waals surface area contributed by atoms with E-state index in [1.54, 1.807) is 0 Å². The topological polar surface area (TPSA) is 61.3 Å². The summed E-state index contributed by atoms with van der Waals surface area (Å²) in [5.41, 5.74) is 7.05. The number of hydrogen-bond donors (Lipinski definition) is 1. The molecule has 0 spiro atoms. The number of hydrogen-bond acceptors (Lipinski definition) is 4. The van der Waals surface area contributed by atoms with Gasteiger partial charge < -0.3 is 14.9 Å². The van der Waals surface area contributed by atoms with Crippen molar-refractivity contribution in [2.45, 2.75) is 6.92 Å². The number of nitrogens with zero attached hydrogens (tertiary/aromatic N) is 1. The van der Waals surface area contributed by atoms with Crippen LogP contribution in [0.25, 0.3) is 11.3 Å². The zero-order valence-corrected chi connectivity index (χ0v) is 8.43. The number of anilines is 1. The van der Waals surface area contributed by atoms with E-state index in [-0.39, 0.29) is 6.01 Å². The molecule has 0 aliphatic heterocycles. The SMILES string of the molecule is CCOc1cccc(-c2coc(N)n2)c1. The molecule has 1 aromatic carbocycles. The Morgan fingerprint density at radius 2 is 2.33 bits per heavy atom. The predicted molar refractivity (Wildman–Crippen MR) is 57.5 cm³/mol. The summed E-state index contributed by atoms with van der Waals surface area (Å²) in [5, 5.41) is 0. The third-order valence-corrected chi connectivity index (χ3v) is 1.96. The van der Waals surface area contributed by atoms with Gasteiger partial charge in [0.15, 0.2) is 0 Å².